The fraction of sp³-hybridized carbons (Fsp3) is 0.308. The van der Waals surface area contributed by atoms with Crippen LogP contribution in [0.1, 0.15) is 51.8 Å². The lowest BCUT2D eigenvalue weighted by molar-refractivity contribution is -0.141. The Kier molecular flexibility index (Phi) is 6.50. The molecule has 2 aliphatic carbocycles. The molecule has 2 amide bonds. The lowest BCUT2D eigenvalue weighted by atomic mass is 9.79. The number of carboxylic acid groups (broad SMARTS) is 1. The number of fused-ring (bicyclic) bond motifs is 3. The Morgan fingerprint density at radius 3 is 2.31 bits per heavy atom. The van der Waals surface area contributed by atoms with Crippen molar-refractivity contribution >= 4 is 29.3 Å². The molecule has 1 heterocycles. The molecule has 0 saturated heterocycles. The fourth-order valence-electron chi connectivity index (χ4n) is 4.66. The average Bonchev–Trinajstić information content (AvgIpc) is 3.43. The Hall–Kier alpha value is -3.72. The van der Waals surface area contributed by atoms with E-state index in [4.69, 9.17) is 4.74 Å². The molecule has 9 heteroatoms. The Morgan fingerprint density at radius 1 is 1.06 bits per heavy atom. The number of ether oxygens (including phenoxy) is 1. The molecule has 180 valence electrons. The van der Waals surface area contributed by atoms with Crippen LogP contribution >= 0.6 is 11.3 Å². The molecular weight excluding hydrogens is 466 g/mol. The van der Waals surface area contributed by atoms with Crippen molar-refractivity contribution in [2.45, 2.75) is 37.8 Å². The Labute approximate surface area is 206 Å². The van der Waals surface area contributed by atoms with E-state index in [1.165, 1.54) is 11.3 Å². The van der Waals surface area contributed by atoms with Crippen molar-refractivity contribution in [2.75, 3.05) is 6.61 Å². The molecule has 1 saturated carbocycles. The van der Waals surface area contributed by atoms with Gasteiger partial charge in [-0.05, 0) is 41.0 Å². The molecule has 1 aromatic heterocycles. The van der Waals surface area contributed by atoms with E-state index in [1.807, 2.05) is 24.3 Å². The topological polar surface area (TPSA) is 118 Å². The van der Waals surface area contributed by atoms with Crippen molar-refractivity contribution < 1.29 is 24.2 Å². The molecule has 0 aliphatic heterocycles. The van der Waals surface area contributed by atoms with Gasteiger partial charge in [-0.15, -0.1) is 11.3 Å². The summed E-state index contributed by atoms with van der Waals surface area (Å²) in [6.07, 6.45) is 2.00. The number of rotatable bonds is 8. The zero-order valence-electron chi connectivity index (χ0n) is 18.9. The minimum absolute atomic E-state index is 0.0267. The summed E-state index contributed by atoms with van der Waals surface area (Å²) in [6, 6.07) is 15.3. The SMILES string of the molecule is O=C(NCc1nc(C(=O)NC(C(=O)O)C2CCC2)cs1)OCC1c2ccccc2-c2ccccc21. The van der Waals surface area contributed by atoms with Crippen molar-refractivity contribution in [2.24, 2.45) is 5.92 Å². The zero-order chi connectivity index (χ0) is 24.4. The van der Waals surface area contributed by atoms with Crippen molar-refractivity contribution in [1.82, 2.24) is 15.6 Å². The van der Waals surface area contributed by atoms with Crippen LogP contribution in [0.4, 0.5) is 4.79 Å². The Balaban J connectivity index is 1.14. The molecule has 2 aliphatic rings. The van der Waals surface area contributed by atoms with Gasteiger partial charge < -0.3 is 20.5 Å². The molecule has 5 rings (SSSR count). The van der Waals surface area contributed by atoms with Crippen molar-refractivity contribution in [3.63, 3.8) is 0 Å². The van der Waals surface area contributed by atoms with Gasteiger partial charge in [-0.2, -0.15) is 0 Å². The van der Waals surface area contributed by atoms with E-state index < -0.39 is 24.0 Å². The third-order valence-electron chi connectivity index (χ3n) is 6.69. The molecule has 0 spiro atoms. The standard InChI is InChI=1S/C26H25N3O5S/c30-24(29-23(25(31)32)15-6-5-7-15)21-14-35-22(28-21)12-27-26(33)34-13-20-18-10-3-1-8-16(18)17-9-2-4-11-19(17)20/h1-4,8-11,14-15,20,23H,5-7,12-13H2,(H,27,33)(H,29,30)(H,31,32). The molecule has 35 heavy (non-hydrogen) atoms. The van der Waals surface area contributed by atoms with Gasteiger partial charge in [0.15, 0.2) is 0 Å². The van der Waals surface area contributed by atoms with Gasteiger partial charge in [0, 0.05) is 11.3 Å². The lowest BCUT2D eigenvalue weighted by Crippen LogP contribution is -2.48. The second-order valence-electron chi connectivity index (χ2n) is 8.79. The van der Waals surface area contributed by atoms with Gasteiger partial charge in [-0.3, -0.25) is 4.79 Å². The molecule has 1 unspecified atom stereocenters. The quantitative estimate of drug-likeness (QED) is 0.435. The third-order valence-corrected chi connectivity index (χ3v) is 7.53. The highest BCUT2D eigenvalue weighted by molar-refractivity contribution is 7.09. The van der Waals surface area contributed by atoms with E-state index in [1.54, 1.807) is 5.38 Å². The third kappa shape index (κ3) is 4.77. The molecular formula is C26H25N3O5S. The molecule has 0 radical (unpaired) electrons. The summed E-state index contributed by atoms with van der Waals surface area (Å²) < 4.78 is 5.52. The largest absolute Gasteiger partial charge is 0.480 e. The molecule has 2 aromatic carbocycles. The first-order valence-corrected chi connectivity index (χ1v) is 12.5. The molecule has 1 atom stereocenters. The van der Waals surface area contributed by atoms with E-state index in [2.05, 4.69) is 39.9 Å². The minimum atomic E-state index is -1.03. The van der Waals surface area contributed by atoms with Gasteiger partial charge in [-0.1, -0.05) is 55.0 Å². The summed E-state index contributed by atoms with van der Waals surface area (Å²) in [5.74, 6) is -1.62. The first kappa shape index (κ1) is 23.0. The zero-order valence-corrected chi connectivity index (χ0v) is 19.7. The second-order valence-corrected chi connectivity index (χ2v) is 9.73. The number of carbonyl (C=O) groups is 3. The average molecular weight is 492 g/mol. The van der Waals surface area contributed by atoms with Crippen LogP contribution in [0.2, 0.25) is 0 Å². The monoisotopic (exact) mass is 491 g/mol. The number of alkyl carbamates (subject to hydrolysis) is 1. The van der Waals surface area contributed by atoms with Crippen molar-refractivity contribution in [3.05, 3.63) is 75.7 Å². The number of carbonyl (C=O) groups excluding carboxylic acids is 2. The number of benzene rings is 2. The first-order valence-electron chi connectivity index (χ1n) is 11.6. The number of nitrogens with one attached hydrogen (secondary N) is 2. The van der Waals surface area contributed by atoms with E-state index in [-0.39, 0.29) is 30.7 Å². The molecule has 8 nitrogen and oxygen atoms in total. The maximum atomic E-state index is 12.5. The number of amides is 2. The van der Waals surface area contributed by atoms with Crippen LogP contribution < -0.4 is 10.6 Å². The summed E-state index contributed by atoms with van der Waals surface area (Å²) in [6.45, 7) is 0.322. The number of aromatic nitrogens is 1. The predicted molar refractivity (Wildman–Crippen MR) is 130 cm³/mol. The Morgan fingerprint density at radius 2 is 1.71 bits per heavy atom. The van der Waals surface area contributed by atoms with Crippen LogP contribution in [-0.2, 0) is 16.1 Å². The van der Waals surface area contributed by atoms with Crippen LogP contribution in [0, 0.1) is 5.92 Å². The molecule has 0 bridgehead atoms. The number of thiazole rings is 1. The molecule has 3 aromatic rings. The van der Waals surface area contributed by atoms with Gasteiger partial charge in [0.1, 0.15) is 23.4 Å². The highest BCUT2D eigenvalue weighted by atomic mass is 32.1. The normalized spacial score (nSPS) is 15.4. The van der Waals surface area contributed by atoms with Crippen molar-refractivity contribution in [1.29, 1.82) is 0 Å². The first-order chi connectivity index (χ1) is 17.0. The van der Waals surface area contributed by atoms with Gasteiger partial charge in [0.05, 0.1) is 6.54 Å². The maximum Gasteiger partial charge on any atom is 0.407 e. The van der Waals surface area contributed by atoms with Crippen LogP contribution in [-0.4, -0.2) is 40.7 Å². The van der Waals surface area contributed by atoms with E-state index in [9.17, 15) is 19.5 Å². The van der Waals surface area contributed by atoms with Crippen LogP contribution in [0.15, 0.2) is 53.9 Å². The highest BCUT2D eigenvalue weighted by Gasteiger charge is 2.34. The summed E-state index contributed by atoms with van der Waals surface area (Å²) in [5.41, 5.74) is 4.74. The summed E-state index contributed by atoms with van der Waals surface area (Å²) in [7, 11) is 0. The van der Waals surface area contributed by atoms with Crippen LogP contribution in [0.5, 0.6) is 0 Å². The highest BCUT2D eigenvalue weighted by Crippen LogP contribution is 2.44. The minimum Gasteiger partial charge on any atom is -0.480 e. The Bertz CT molecular complexity index is 1220. The van der Waals surface area contributed by atoms with E-state index in [0.29, 0.717) is 5.01 Å². The fourth-order valence-corrected chi connectivity index (χ4v) is 5.38. The van der Waals surface area contributed by atoms with E-state index in [0.717, 1.165) is 41.5 Å². The van der Waals surface area contributed by atoms with Gasteiger partial charge in [0.2, 0.25) is 0 Å². The number of aliphatic carboxylic acids is 1. The second kappa shape index (κ2) is 9.87. The van der Waals surface area contributed by atoms with E-state index >= 15 is 0 Å². The summed E-state index contributed by atoms with van der Waals surface area (Å²) in [4.78, 5) is 40.6. The number of hydrogen-bond donors (Lipinski definition) is 3. The van der Waals surface area contributed by atoms with Crippen LogP contribution in [0.3, 0.4) is 0 Å². The predicted octanol–water partition coefficient (Wildman–Crippen LogP) is 4.16. The lowest BCUT2D eigenvalue weighted by Gasteiger charge is -2.31. The number of carboxylic acids is 1. The summed E-state index contributed by atoms with van der Waals surface area (Å²) >= 11 is 1.22. The van der Waals surface area contributed by atoms with Gasteiger partial charge in [0.25, 0.3) is 5.91 Å². The molecule has 3 N–H and O–H groups in total. The number of hydrogen-bond acceptors (Lipinski definition) is 6. The van der Waals surface area contributed by atoms with Crippen molar-refractivity contribution in [3.8, 4) is 11.1 Å². The number of nitrogens with zero attached hydrogens (tertiary/aromatic N) is 1. The maximum absolute atomic E-state index is 12.5. The van der Waals surface area contributed by atoms with Gasteiger partial charge >= 0.3 is 12.1 Å². The van der Waals surface area contributed by atoms with Crippen LogP contribution in [0.25, 0.3) is 11.1 Å². The molecule has 1 fully saturated rings. The summed E-state index contributed by atoms with van der Waals surface area (Å²) in [5, 5.41) is 16.7. The smallest absolute Gasteiger partial charge is 0.407 e. The van der Waals surface area contributed by atoms with Gasteiger partial charge in [-0.25, -0.2) is 14.6 Å².